The molecule has 3 rings (SSSR count). The summed E-state index contributed by atoms with van der Waals surface area (Å²) in [6.07, 6.45) is 0.173. The first-order chi connectivity index (χ1) is 11.2. The molecule has 0 saturated heterocycles. The van der Waals surface area contributed by atoms with Gasteiger partial charge in [-0.3, -0.25) is 4.79 Å². The number of hydrogen-bond acceptors (Lipinski definition) is 3. The van der Waals surface area contributed by atoms with Gasteiger partial charge in [0.1, 0.15) is 6.61 Å². The van der Waals surface area contributed by atoms with Gasteiger partial charge in [-0.25, -0.2) is 0 Å². The molecule has 2 atom stereocenters. The Morgan fingerprint density at radius 3 is 2.61 bits per heavy atom. The van der Waals surface area contributed by atoms with E-state index in [1.54, 1.807) is 6.07 Å². The van der Waals surface area contributed by atoms with Crippen LogP contribution in [0.2, 0.25) is 0 Å². The molecule has 0 aromatic heterocycles. The van der Waals surface area contributed by atoms with Gasteiger partial charge in [-0.2, -0.15) is 0 Å². The number of benzene rings is 2. The maximum absolute atomic E-state index is 12.5. The van der Waals surface area contributed by atoms with Gasteiger partial charge in [-0.1, -0.05) is 47.1 Å². The summed E-state index contributed by atoms with van der Waals surface area (Å²) >= 11 is 3.42. The van der Waals surface area contributed by atoms with Crippen LogP contribution in [0.15, 0.2) is 53.0 Å². The predicted molar refractivity (Wildman–Crippen MR) is 91.7 cm³/mol. The Bertz CT molecular complexity index is 687. The van der Waals surface area contributed by atoms with Gasteiger partial charge in [0.25, 0.3) is 5.91 Å². The molecule has 1 heterocycles. The Kier molecular flexibility index (Phi) is 4.86. The van der Waals surface area contributed by atoms with Gasteiger partial charge in [0.15, 0.2) is 11.5 Å². The Balaban J connectivity index is 1.67. The van der Waals surface area contributed by atoms with Crippen molar-refractivity contribution in [1.29, 1.82) is 0 Å². The van der Waals surface area contributed by atoms with Crippen LogP contribution in [0.4, 0.5) is 0 Å². The van der Waals surface area contributed by atoms with Crippen molar-refractivity contribution in [3.8, 4) is 11.5 Å². The summed E-state index contributed by atoms with van der Waals surface area (Å²) in [4.78, 5) is 12.5. The number of amides is 1. The van der Waals surface area contributed by atoms with Crippen molar-refractivity contribution in [1.82, 2.24) is 5.32 Å². The summed E-state index contributed by atoms with van der Waals surface area (Å²) in [5.41, 5.74) is 1.07. The van der Waals surface area contributed by atoms with Crippen LogP contribution >= 0.6 is 15.9 Å². The fourth-order valence-corrected chi connectivity index (χ4v) is 2.79. The molecular weight excluding hydrogens is 358 g/mol. The molecule has 0 radical (unpaired) electrons. The highest BCUT2D eigenvalue weighted by atomic mass is 79.9. The normalized spacial score (nSPS) is 17.4. The van der Waals surface area contributed by atoms with Crippen molar-refractivity contribution in [2.24, 2.45) is 0 Å². The van der Waals surface area contributed by atoms with Crippen LogP contribution in [0.25, 0.3) is 0 Å². The summed E-state index contributed by atoms with van der Waals surface area (Å²) in [5.74, 6) is 1.13. The molecule has 1 N–H and O–H groups in total. The Hall–Kier alpha value is -2.01. The summed E-state index contributed by atoms with van der Waals surface area (Å²) in [6, 6.07) is 15.3. The predicted octanol–water partition coefficient (Wildman–Crippen LogP) is 3.86. The van der Waals surface area contributed by atoms with Crippen molar-refractivity contribution in [3.05, 3.63) is 58.6 Å². The molecule has 0 fully saturated rings. The fraction of sp³-hybridized carbons (Fsp3) is 0.278. The van der Waals surface area contributed by atoms with Gasteiger partial charge in [-0.05, 0) is 36.2 Å². The summed E-state index contributed by atoms with van der Waals surface area (Å²) in [5, 5.41) is 3.04. The van der Waals surface area contributed by atoms with E-state index in [9.17, 15) is 4.79 Å². The average Bonchev–Trinajstić information content (AvgIpc) is 2.60. The average molecular weight is 376 g/mol. The zero-order chi connectivity index (χ0) is 16.2. The highest BCUT2D eigenvalue weighted by Crippen LogP contribution is 2.31. The van der Waals surface area contributed by atoms with Gasteiger partial charge in [0.05, 0.1) is 6.04 Å². The smallest absolute Gasteiger partial charge is 0.265 e. The molecule has 4 nitrogen and oxygen atoms in total. The van der Waals surface area contributed by atoms with Crippen LogP contribution in [-0.4, -0.2) is 18.6 Å². The van der Waals surface area contributed by atoms with E-state index in [1.807, 2.05) is 49.4 Å². The van der Waals surface area contributed by atoms with Gasteiger partial charge in [-0.15, -0.1) is 0 Å². The van der Waals surface area contributed by atoms with Crippen molar-refractivity contribution < 1.29 is 14.3 Å². The van der Waals surface area contributed by atoms with Crippen LogP contribution in [0.1, 0.15) is 24.9 Å². The van der Waals surface area contributed by atoms with Crippen LogP contribution in [0.5, 0.6) is 11.5 Å². The monoisotopic (exact) mass is 375 g/mol. The highest BCUT2D eigenvalue weighted by Gasteiger charge is 2.28. The lowest BCUT2D eigenvalue weighted by Crippen LogP contribution is -2.45. The van der Waals surface area contributed by atoms with E-state index in [4.69, 9.17) is 9.47 Å². The lowest BCUT2D eigenvalue weighted by molar-refractivity contribution is -0.131. The van der Waals surface area contributed by atoms with Crippen LogP contribution in [0, 0.1) is 0 Å². The maximum atomic E-state index is 12.5. The van der Waals surface area contributed by atoms with E-state index >= 15 is 0 Å². The molecule has 5 heteroatoms. The van der Waals surface area contributed by atoms with E-state index < -0.39 is 6.10 Å². The number of hydrogen-bond donors (Lipinski definition) is 1. The number of para-hydroxylation sites is 2. The van der Waals surface area contributed by atoms with Crippen molar-refractivity contribution in [3.63, 3.8) is 0 Å². The second kappa shape index (κ2) is 7.04. The van der Waals surface area contributed by atoms with Crippen molar-refractivity contribution in [2.75, 3.05) is 6.61 Å². The maximum Gasteiger partial charge on any atom is 0.265 e. The molecular formula is C18H18BrNO3. The molecule has 23 heavy (non-hydrogen) atoms. The molecule has 0 aliphatic carbocycles. The lowest BCUT2D eigenvalue weighted by atomic mass is 10.0. The fourth-order valence-electron chi connectivity index (χ4n) is 2.53. The van der Waals surface area contributed by atoms with E-state index in [0.29, 0.717) is 11.5 Å². The molecule has 2 aromatic rings. The Labute approximate surface area is 143 Å². The first-order valence-corrected chi connectivity index (χ1v) is 8.41. The third-order valence-electron chi connectivity index (χ3n) is 3.80. The molecule has 1 amide bonds. The third kappa shape index (κ3) is 3.67. The second-order valence-electron chi connectivity index (χ2n) is 5.39. The molecule has 120 valence electrons. The Morgan fingerprint density at radius 1 is 1.22 bits per heavy atom. The van der Waals surface area contributed by atoms with Gasteiger partial charge >= 0.3 is 0 Å². The highest BCUT2D eigenvalue weighted by molar-refractivity contribution is 9.10. The quantitative estimate of drug-likeness (QED) is 0.882. The van der Waals surface area contributed by atoms with Crippen molar-refractivity contribution in [2.45, 2.75) is 25.5 Å². The largest absolute Gasteiger partial charge is 0.485 e. The number of rotatable bonds is 4. The number of carbonyl (C=O) groups excluding carboxylic acids is 1. The molecule has 1 aliphatic heterocycles. The number of ether oxygens (including phenoxy) is 2. The molecule has 1 aliphatic rings. The second-order valence-corrected chi connectivity index (χ2v) is 6.30. The summed E-state index contributed by atoms with van der Waals surface area (Å²) in [7, 11) is 0. The number of nitrogens with one attached hydrogen (secondary N) is 1. The van der Waals surface area contributed by atoms with E-state index in [1.165, 1.54) is 0 Å². The van der Waals surface area contributed by atoms with Crippen molar-refractivity contribution >= 4 is 21.8 Å². The standard InChI is InChI=1S/C18H18BrNO3/c1-2-14(12-7-9-13(19)10-8-12)20-18(21)17-11-22-15-5-3-4-6-16(15)23-17/h3-10,14,17H,2,11H2,1H3,(H,20,21)/t14-,17+/m1/s1. The van der Waals surface area contributed by atoms with E-state index in [2.05, 4.69) is 21.2 Å². The molecule has 2 aromatic carbocycles. The zero-order valence-electron chi connectivity index (χ0n) is 12.8. The van der Waals surface area contributed by atoms with Gasteiger partial charge in [0, 0.05) is 4.47 Å². The molecule has 0 unspecified atom stereocenters. The third-order valence-corrected chi connectivity index (χ3v) is 4.33. The van der Waals surface area contributed by atoms with E-state index in [-0.39, 0.29) is 18.6 Å². The summed E-state index contributed by atoms with van der Waals surface area (Å²) < 4.78 is 12.4. The molecule has 0 spiro atoms. The zero-order valence-corrected chi connectivity index (χ0v) is 14.4. The molecule has 0 saturated carbocycles. The van der Waals surface area contributed by atoms with Crippen LogP contribution in [0.3, 0.4) is 0 Å². The first kappa shape index (κ1) is 15.9. The first-order valence-electron chi connectivity index (χ1n) is 7.61. The number of fused-ring (bicyclic) bond motifs is 1. The van der Waals surface area contributed by atoms with Gasteiger partial charge < -0.3 is 14.8 Å². The minimum absolute atomic E-state index is 0.0450. The Morgan fingerprint density at radius 2 is 1.91 bits per heavy atom. The number of carbonyl (C=O) groups is 1. The summed E-state index contributed by atoms with van der Waals surface area (Å²) in [6.45, 7) is 2.26. The van der Waals surface area contributed by atoms with E-state index in [0.717, 1.165) is 16.5 Å². The topological polar surface area (TPSA) is 47.6 Å². The minimum Gasteiger partial charge on any atom is -0.485 e. The number of halogens is 1. The van der Waals surface area contributed by atoms with Crippen LogP contribution in [-0.2, 0) is 4.79 Å². The lowest BCUT2D eigenvalue weighted by Gasteiger charge is -2.27. The SMILES string of the molecule is CC[C@@H](NC(=O)[C@@H]1COc2ccccc2O1)c1ccc(Br)cc1. The minimum atomic E-state index is -0.630. The van der Waals surface area contributed by atoms with Crippen LogP contribution < -0.4 is 14.8 Å². The van der Waals surface area contributed by atoms with Gasteiger partial charge in [0.2, 0.25) is 6.10 Å². The molecule has 0 bridgehead atoms.